The molecule has 1 saturated carbocycles. The molecule has 150 valence electrons. The largest absolute Gasteiger partial charge is 0.406 e. The summed E-state index contributed by atoms with van der Waals surface area (Å²) in [7, 11) is 1.43. The summed E-state index contributed by atoms with van der Waals surface area (Å²) >= 11 is 0. The van der Waals surface area contributed by atoms with Crippen LogP contribution in [-0.2, 0) is 6.54 Å². The van der Waals surface area contributed by atoms with E-state index >= 15 is 0 Å². The molecule has 8 heteroatoms. The molecule has 0 aliphatic heterocycles. The molecule has 4 rings (SSSR count). The van der Waals surface area contributed by atoms with Gasteiger partial charge >= 0.3 is 6.18 Å². The van der Waals surface area contributed by atoms with E-state index < -0.39 is 12.7 Å². The molecule has 0 amide bonds. The van der Waals surface area contributed by atoms with Gasteiger partial charge in [0.25, 0.3) is 0 Å². The summed E-state index contributed by atoms with van der Waals surface area (Å²) in [6.45, 7) is 1.57. The van der Waals surface area contributed by atoms with Crippen LogP contribution in [0.4, 0.5) is 19.1 Å². The lowest BCUT2D eigenvalue weighted by molar-refractivity contribution is -0.119. The highest BCUT2D eigenvalue weighted by Crippen LogP contribution is 2.48. The van der Waals surface area contributed by atoms with Crippen LogP contribution in [0.3, 0.4) is 0 Å². The molecule has 5 nitrogen and oxygen atoms in total. The monoisotopic (exact) mass is 391 g/mol. The van der Waals surface area contributed by atoms with Crippen LogP contribution in [0.15, 0.2) is 36.5 Å². The first-order valence-corrected chi connectivity index (χ1v) is 9.63. The van der Waals surface area contributed by atoms with Crippen molar-refractivity contribution in [1.29, 1.82) is 0 Å². The van der Waals surface area contributed by atoms with Crippen molar-refractivity contribution >= 4 is 16.9 Å². The third-order valence-electron chi connectivity index (χ3n) is 5.37. The van der Waals surface area contributed by atoms with Gasteiger partial charge in [0.1, 0.15) is 6.54 Å². The molecule has 0 bridgehead atoms. The lowest BCUT2D eigenvalue weighted by Crippen LogP contribution is -2.33. The number of hydrogen-bond acceptors (Lipinski definition) is 3. The molecule has 3 aromatic rings. The maximum Gasteiger partial charge on any atom is 0.406 e. The zero-order valence-corrected chi connectivity index (χ0v) is 16.0. The number of fused-ring (bicyclic) bond motifs is 1. The molecule has 0 N–H and O–H groups in total. The fourth-order valence-corrected chi connectivity index (χ4v) is 4.02. The minimum atomic E-state index is -4.28. The van der Waals surface area contributed by atoms with Gasteiger partial charge in [0, 0.05) is 24.8 Å². The van der Waals surface area contributed by atoms with Crippen LogP contribution >= 0.6 is 0 Å². The first-order chi connectivity index (χ1) is 13.4. The quantitative estimate of drug-likeness (QED) is 0.589. The van der Waals surface area contributed by atoms with Crippen molar-refractivity contribution < 1.29 is 13.2 Å². The van der Waals surface area contributed by atoms with Crippen LogP contribution in [-0.4, -0.2) is 39.1 Å². The van der Waals surface area contributed by atoms with Crippen LogP contribution in [0.25, 0.3) is 10.9 Å². The van der Waals surface area contributed by atoms with E-state index in [2.05, 4.69) is 21.7 Å². The van der Waals surface area contributed by atoms with Crippen LogP contribution in [0, 0.1) is 5.92 Å². The molecule has 1 fully saturated rings. The number of halogens is 3. The first-order valence-electron chi connectivity index (χ1n) is 9.63. The van der Waals surface area contributed by atoms with Gasteiger partial charge < -0.3 is 9.47 Å². The fraction of sp³-hybridized carbons (Fsp3) is 0.500. The maximum absolute atomic E-state index is 12.9. The van der Waals surface area contributed by atoms with Gasteiger partial charge in [-0.3, -0.25) is 4.57 Å². The van der Waals surface area contributed by atoms with E-state index in [1.165, 1.54) is 7.05 Å². The van der Waals surface area contributed by atoms with E-state index in [1.54, 1.807) is 0 Å². The van der Waals surface area contributed by atoms with Crippen LogP contribution in [0.1, 0.15) is 38.1 Å². The normalized spacial score (nSPS) is 19.3. The number of nitrogens with zero attached hydrogens (tertiary/aromatic N) is 5. The Bertz CT molecular complexity index is 958. The Labute approximate surface area is 161 Å². The van der Waals surface area contributed by atoms with Gasteiger partial charge in [0.2, 0.25) is 5.95 Å². The van der Waals surface area contributed by atoms with Gasteiger partial charge in [-0.05, 0) is 36.3 Å². The average molecular weight is 391 g/mol. The Morgan fingerprint density at radius 3 is 2.71 bits per heavy atom. The Hall–Kier alpha value is -2.51. The molecule has 0 radical (unpaired) electrons. The van der Waals surface area contributed by atoms with Gasteiger partial charge in [-0.2, -0.15) is 13.2 Å². The summed E-state index contributed by atoms with van der Waals surface area (Å²) in [5.41, 5.74) is 1.07. The average Bonchev–Trinajstić information content (AvgIpc) is 3.08. The van der Waals surface area contributed by atoms with Crippen molar-refractivity contribution in [3.63, 3.8) is 0 Å². The number of hydrogen-bond donors (Lipinski definition) is 0. The van der Waals surface area contributed by atoms with Crippen LogP contribution in [0.5, 0.6) is 0 Å². The third kappa shape index (κ3) is 3.72. The van der Waals surface area contributed by atoms with Crippen LogP contribution < -0.4 is 4.90 Å². The second-order valence-corrected chi connectivity index (χ2v) is 7.61. The number of para-hydroxylation sites is 1. The number of alkyl halides is 3. The Morgan fingerprint density at radius 1 is 1.18 bits per heavy atom. The molecule has 1 aromatic carbocycles. The topological polar surface area (TPSA) is 38.9 Å². The first kappa shape index (κ1) is 18.8. The molecule has 28 heavy (non-hydrogen) atoms. The summed E-state index contributed by atoms with van der Waals surface area (Å²) in [6, 6.07) is 10.2. The van der Waals surface area contributed by atoms with Gasteiger partial charge in [0.15, 0.2) is 5.82 Å². The SMILES string of the molecule is CCC[C@@H]1C[C@H]1n1c(Cn2ccc3ccccc32)nnc1N(C)CC(F)(F)F. The Kier molecular flexibility index (Phi) is 4.81. The number of aromatic nitrogens is 4. The van der Waals surface area contributed by atoms with Crippen molar-refractivity contribution in [3.05, 3.63) is 42.4 Å². The van der Waals surface area contributed by atoms with Crippen molar-refractivity contribution in [2.24, 2.45) is 5.92 Å². The molecule has 2 aromatic heterocycles. The van der Waals surface area contributed by atoms with Gasteiger partial charge in [-0.15, -0.1) is 10.2 Å². The molecule has 0 saturated heterocycles. The lowest BCUT2D eigenvalue weighted by Gasteiger charge is -2.21. The van der Waals surface area contributed by atoms with E-state index in [0.717, 1.165) is 35.1 Å². The van der Waals surface area contributed by atoms with Gasteiger partial charge in [0.05, 0.1) is 6.54 Å². The highest BCUT2D eigenvalue weighted by molar-refractivity contribution is 5.79. The van der Waals surface area contributed by atoms with E-state index in [-0.39, 0.29) is 6.04 Å². The predicted molar refractivity (Wildman–Crippen MR) is 102 cm³/mol. The molecule has 0 unspecified atom stereocenters. The summed E-state index contributed by atoms with van der Waals surface area (Å²) in [5.74, 6) is 1.49. The number of rotatable bonds is 7. The zero-order valence-electron chi connectivity index (χ0n) is 16.0. The summed E-state index contributed by atoms with van der Waals surface area (Å²) in [5, 5.41) is 9.55. The molecule has 1 aliphatic carbocycles. The van der Waals surface area contributed by atoms with Crippen molar-refractivity contribution in [1.82, 2.24) is 19.3 Å². The highest BCUT2D eigenvalue weighted by Gasteiger charge is 2.42. The minimum absolute atomic E-state index is 0.178. The second kappa shape index (κ2) is 7.14. The van der Waals surface area contributed by atoms with Crippen LogP contribution in [0.2, 0.25) is 0 Å². The highest BCUT2D eigenvalue weighted by atomic mass is 19.4. The fourth-order valence-electron chi connectivity index (χ4n) is 4.02. The summed E-state index contributed by atoms with van der Waals surface area (Å²) in [6.07, 6.45) is 0.803. The maximum atomic E-state index is 12.9. The lowest BCUT2D eigenvalue weighted by atomic mass is 10.2. The standard InChI is InChI=1S/C20H24F3N5/c1-3-6-15-11-17(15)28-18(24-25-19(28)26(2)13-20(21,22)23)12-27-10-9-14-7-4-5-8-16(14)27/h4-5,7-10,15,17H,3,6,11-13H2,1-2H3/t15-,17-/m1/s1. The molecule has 2 atom stereocenters. The third-order valence-corrected chi connectivity index (χ3v) is 5.37. The van der Waals surface area contributed by atoms with E-state index in [4.69, 9.17) is 0 Å². The minimum Gasteiger partial charge on any atom is -0.340 e. The number of anilines is 1. The Morgan fingerprint density at radius 2 is 1.96 bits per heavy atom. The molecular weight excluding hydrogens is 367 g/mol. The van der Waals surface area contributed by atoms with Gasteiger partial charge in [-0.25, -0.2) is 0 Å². The van der Waals surface area contributed by atoms with E-state index in [0.29, 0.717) is 24.2 Å². The van der Waals surface area contributed by atoms with E-state index in [9.17, 15) is 13.2 Å². The number of benzene rings is 1. The van der Waals surface area contributed by atoms with Crippen molar-refractivity contribution in [2.45, 2.75) is 44.9 Å². The van der Waals surface area contributed by atoms with E-state index in [1.807, 2.05) is 41.1 Å². The zero-order chi connectivity index (χ0) is 19.9. The molecule has 1 aliphatic rings. The summed E-state index contributed by atoms with van der Waals surface area (Å²) in [4.78, 5) is 1.16. The smallest absolute Gasteiger partial charge is 0.340 e. The Balaban J connectivity index is 1.67. The molecule has 2 heterocycles. The molecule has 0 spiro atoms. The van der Waals surface area contributed by atoms with Crippen molar-refractivity contribution in [2.75, 3.05) is 18.5 Å². The van der Waals surface area contributed by atoms with Gasteiger partial charge in [-0.1, -0.05) is 31.5 Å². The van der Waals surface area contributed by atoms with Crippen molar-refractivity contribution in [3.8, 4) is 0 Å². The predicted octanol–water partition coefficient (Wildman–Crippen LogP) is 4.64. The molecular formula is C20H24F3N5. The second-order valence-electron chi connectivity index (χ2n) is 7.61. The summed E-state index contributed by atoms with van der Waals surface area (Å²) < 4.78 is 42.8.